The average molecular weight is 327 g/mol. The molecule has 124 valence electrons. The van der Waals surface area contributed by atoms with Gasteiger partial charge in [-0.15, -0.1) is 0 Å². The molecule has 2 amide bonds. The van der Waals surface area contributed by atoms with Gasteiger partial charge >= 0.3 is 6.03 Å². The molecule has 0 atom stereocenters. The van der Waals surface area contributed by atoms with Gasteiger partial charge < -0.3 is 19.9 Å². The Morgan fingerprint density at radius 3 is 2.79 bits per heavy atom. The lowest BCUT2D eigenvalue weighted by molar-refractivity contribution is 0.188. The highest BCUT2D eigenvalue weighted by atomic mass is 19.1. The van der Waals surface area contributed by atoms with Crippen molar-refractivity contribution in [1.82, 2.24) is 4.57 Å². The largest absolute Gasteiger partial charge is 0.383 e. The van der Waals surface area contributed by atoms with Crippen molar-refractivity contribution in [2.24, 2.45) is 0 Å². The molecule has 2 N–H and O–H groups in total. The fraction of sp³-hybridized carbons (Fsp3) is 0.167. The topological polar surface area (TPSA) is 55.3 Å². The van der Waals surface area contributed by atoms with Gasteiger partial charge in [0.2, 0.25) is 0 Å². The summed E-state index contributed by atoms with van der Waals surface area (Å²) in [7, 11) is 1.65. The maximum absolute atomic E-state index is 13.2. The number of urea groups is 1. The highest BCUT2D eigenvalue weighted by Gasteiger charge is 2.11. The Bertz CT molecular complexity index is 860. The van der Waals surface area contributed by atoms with E-state index in [-0.39, 0.29) is 0 Å². The zero-order chi connectivity index (χ0) is 16.9. The van der Waals surface area contributed by atoms with Gasteiger partial charge in [0, 0.05) is 30.9 Å². The number of ether oxygens (including phenoxy) is 1. The Balaban J connectivity index is 1.80. The molecule has 0 fully saturated rings. The molecule has 0 bridgehead atoms. The molecular weight excluding hydrogens is 309 g/mol. The van der Waals surface area contributed by atoms with Crippen molar-refractivity contribution < 1.29 is 13.9 Å². The molecule has 3 rings (SSSR count). The number of methoxy groups -OCH3 is 1. The second-order valence-electron chi connectivity index (χ2n) is 5.34. The van der Waals surface area contributed by atoms with Crippen LogP contribution in [0.25, 0.3) is 10.9 Å². The maximum Gasteiger partial charge on any atom is 0.323 e. The second-order valence-corrected chi connectivity index (χ2v) is 5.34. The summed E-state index contributed by atoms with van der Waals surface area (Å²) in [5, 5.41) is 6.37. The van der Waals surface area contributed by atoms with Crippen LogP contribution in [0, 0.1) is 5.82 Å². The van der Waals surface area contributed by atoms with E-state index in [0.717, 1.165) is 10.9 Å². The summed E-state index contributed by atoms with van der Waals surface area (Å²) < 4.78 is 20.3. The first-order chi connectivity index (χ1) is 11.7. The standard InChI is InChI=1S/C18H18FN3O2/c1-24-10-9-22-12-16(15-7-2-3-8-17(15)22)21-18(23)20-14-6-4-5-13(19)11-14/h2-8,11-12H,9-10H2,1H3,(H2,20,21,23). The minimum Gasteiger partial charge on any atom is -0.383 e. The van der Waals surface area contributed by atoms with Gasteiger partial charge in [0.1, 0.15) is 5.82 Å². The highest BCUT2D eigenvalue weighted by Crippen LogP contribution is 2.26. The van der Waals surface area contributed by atoms with Crippen LogP contribution in [0.4, 0.5) is 20.6 Å². The Morgan fingerprint density at radius 2 is 2.00 bits per heavy atom. The van der Waals surface area contributed by atoms with Crippen LogP contribution in [0.15, 0.2) is 54.7 Å². The number of rotatable bonds is 5. The summed E-state index contributed by atoms with van der Waals surface area (Å²) >= 11 is 0. The third-order valence-corrected chi connectivity index (χ3v) is 3.66. The molecule has 0 aliphatic rings. The summed E-state index contributed by atoms with van der Waals surface area (Å²) in [6, 6.07) is 13.1. The number of halogens is 1. The van der Waals surface area contributed by atoms with Gasteiger partial charge in [0.15, 0.2) is 0 Å². The van der Waals surface area contributed by atoms with Crippen LogP contribution < -0.4 is 10.6 Å². The van der Waals surface area contributed by atoms with Crippen LogP contribution in [-0.4, -0.2) is 24.3 Å². The molecule has 0 saturated carbocycles. The van der Waals surface area contributed by atoms with Crippen LogP contribution in [0.2, 0.25) is 0 Å². The van der Waals surface area contributed by atoms with E-state index in [1.807, 2.05) is 35.0 Å². The molecule has 3 aromatic rings. The van der Waals surface area contributed by atoms with Crippen LogP contribution in [0.1, 0.15) is 0 Å². The van der Waals surface area contributed by atoms with Crippen LogP contribution in [-0.2, 0) is 11.3 Å². The van der Waals surface area contributed by atoms with E-state index in [0.29, 0.717) is 24.5 Å². The summed E-state index contributed by atoms with van der Waals surface area (Å²) in [5.41, 5.74) is 2.10. The predicted molar refractivity (Wildman–Crippen MR) is 92.9 cm³/mol. The molecule has 0 aliphatic heterocycles. The van der Waals surface area contributed by atoms with Crippen LogP contribution in [0.3, 0.4) is 0 Å². The molecule has 0 radical (unpaired) electrons. The molecule has 5 nitrogen and oxygen atoms in total. The fourth-order valence-electron chi connectivity index (χ4n) is 2.57. The van der Waals surface area contributed by atoms with E-state index in [4.69, 9.17) is 4.74 Å². The molecule has 1 heterocycles. The number of aromatic nitrogens is 1. The minimum absolute atomic E-state index is 0.399. The van der Waals surface area contributed by atoms with Crippen molar-refractivity contribution in [2.75, 3.05) is 24.4 Å². The van der Waals surface area contributed by atoms with Gasteiger partial charge in [0.05, 0.1) is 17.8 Å². The Kier molecular flexibility index (Phi) is 4.77. The summed E-state index contributed by atoms with van der Waals surface area (Å²) in [5.74, 6) is -0.399. The number of anilines is 2. The number of hydrogen-bond acceptors (Lipinski definition) is 2. The van der Waals surface area contributed by atoms with E-state index >= 15 is 0 Å². The third-order valence-electron chi connectivity index (χ3n) is 3.66. The molecule has 0 saturated heterocycles. The molecule has 0 spiro atoms. The molecule has 0 aliphatic carbocycles. The lowest BCUT2D eigenvalue weighted by Gasteiger charge is -2.06. The fourth-order valence-corrected chi connectivity index (χ4v) is 2.57. The van der Waals surface area contributed by atoms with Gasteiger partial charge in [0.25, 0.3) is 0 Å². The summed E-state index contributed by atoms with van der Waals surface area (Å²) in [6.45, 7) is 1.26. The van der Waals surface area contributed by atoms with Crippen molar-refractivity contribution >= 4 is 28.3 Å². The molecule has 0 unspecified atom stereocenters. The van der Waals surface area contributed by atoms with E-state index in [9.17, 15) is 9.18 Å². The lowest BCUT2D eigenvalue weighted by Crippen LogP contribution is -2.19. The Labute approximate surface area is 139 Å². The number of hydrogen-bond donors (Lipinski definition) is 2. The predicted octanol–water partition coefficient (Wildman–Crippen LogP) is 4.07. The zero-order valence-corrected chi connectivity index (χ0v) is 13.3. The number of para-hydroxylation sites is 1. The maximum atomic E-state index is 13.2. The van der Waals surface area contributed by atoms with E-state index in [1.54, 1.807) is 19.2 Å². The van der Waals surface area contributed by atoms with Crippen molar-refractivity contribution in [3.8, 4) is 0 Å². The Hall–Kier alpha value is -2.86. The van der Waals surface area contributed by atoms with Crippen molar-refractivity contribution in [2.45, 2.75) is 6.54 Å². The summed E-state index contributed by atoms with van der Waals surface area (Å²) in [4.78, 5) is 12.2. The number of nitrogens with one attached hydrogen (secondary N) is 2. The number of nitrogens with zero attached hydrogens (tertiary/aromatic N) is 1. The van der Waals surface area contributed by atoms with Gasteiger partial charge in [-0.05, 0) is 24.3 Å². The quantitative estimate of drug-likeness (QED) is 0.742. The summed E-state index contributed by atoms with van der Waals surface area (Å²) in [6.07, 6.45) is 1.87. The third kappa shape index (κ3) is 3.55. The highest BCUT2D eigenvalue weighted by molar-refractivity contribution is 6.06. The molecule has 24 heavy (non-hydrogen) atoms. The number of amides is 2. The van der Waals surface area contributed by atoms with E-state index in [1.165, 1.54) is 12.1 Å². The monoisotopic (exact) mass is 327 g/mol. The first-order valence-corrected chi connectivity index (χ1v) is 7.58. The van der Waals surface area contributed by atoms with Gasteiger partial charge in [-0.1, -0.05) is 24.3 Å². The first kappa shape index (κ1) is 16.0. The second kappa shape index (κ2) is 7.14. The first-order valence-electron chi connectivity index (χ1n) is 7.58. The normalized spacial score (nSPS) is 10.8. The number of benzene rings is 2. The van der Waals surface area contributed by atoms with Crippen molar-refractivity contribution in [3.63, 3.8) is 0 Å². The van der Waals surface area contributed by atoms with Crippen LogP contribution in [0.5, 0.6) is 0 Å². The van der Waals surface area contributed by atoms with E-state index < -0.39 is 11.8 Å². The van der Waals surface area contributed by atoms with Gasteiger partial charge in [-0.3, -0.25) is 0 Å². The zero-order valence-electron chi connectivity index (χ0n) is 13.3. The number of carbonyl (C=O) groups excluding carboxylic acids is 1. The molecule has 2 aromatic carbocycles. The smallest absolute Gasteiger partial charge is 0.323 e. The average Bonchev–Trinajstić information content (AvgIpc) is 2.91. The lowest BCUT2D eigenvalue weighted by atomic mass is 10.2. The van der Waals surface area contributed by atoms with Gasteiger partial charge in [-0.25, -0.2) is 9.18 Å². The number of fused-ring (bicyclic) bond motifs is 1. The molecule has 1 aromatic heterocycles. The van der Waals surface area contributed by atoms with Crippen LogP contribution >= 0.6 is 0 Å². The van der Waals surface area contributed by atoms with Crippen molar-refractivity contribution in [3.05, 3.63) is 60.5 Å². The van der Waals surface area contributed by atoms with Gasteiger partial charge in [-0.2, -0.15) is 0 Å². The van der Waals surface area contributed by atoms with Crippen molar-refractivity contribution in [1.29, 1.82) is 0 Å². The minimum atomic E-state index is -0.421. The SMILES string of the molecule is COCCn1cc(NC(=O)Nc2cccc(F)c2)c2ccccc21. The Morgan fingerprint density at radius 1 is 1.17 bits per heavy atom. The van der Waals surface area contributed by atoms with E-state index in [2.05, 4.69) is 10.6 Å². The molecule has 6 heteroatoms. The molecular formula is C18H18FN3O2. The number of carbonyl (C=O) groups is 1.